The smallest absolute Gasteiger partial charge is 0.217 e. The van der Waals surface area contributed by atoms with E-state index in [0.29, 0.717) is 5.25 Å². The van der Waals surface area contributed by atoms with E-state index in [9.17, 15) is 4.79 Å². The molecule has 0 aromatic heterocycles. The summed E-state index contributed by atoms with van der Waals surface area (Å²) in [6.45, 7) is 12.8. The maximum Gasteiger partial charge on any atom is 0.217 e. The number of carbonyl (C=O) groups is 1. The maximum absolute atomic E-state index is 11.4. The molecule has 0 saturated heterocycles. The summed E-state index contributed by atoms with van der Waals surface area (Å²) in [5.41, 5.74) is 0. The fraction of sp³-hybridized carbons (Fsp3) is 0.786. The van der Waals surface area contributed by atoms with Crippen molar-refractivity contribution in [2.45, 2.75) is 63.2 Å². The highest BCUT2D eigenvalue weighted by Crippen LogP contribution is 2.39. The van der Waals surface area contributed by atoms with Gasteiger partial charge in [0.05, 0.1) is 12.1 Å². The fourth-order valence-corrected chi connectivity index (χ4v) is 3.92. The summed E-state index contributed by atoms with van der Waals surface area (Å²) in [7, 11) is -1.82. The molecule has 0 heterocycles. The summed E-state index contributed by atoms with van der Waals surface area (Å²) in [6.07, 6.45) is 6.34. The Bertz CT molecular complexity index is 363. The Balaban J connectivity index is 2.82. The number of amides is 1. The number of thioether (sulfide) groups is 1. The first-order valence-electron chi connectivity index (χ1n) is 6.74. The predicted molar refractivity (Wildman–Crippen MR) is 86.1 cm³/mol. The molecule has 0 fully saturated rings. The summed E-state index contributed by atoms with van der Waals surface area (Å²) in [6, 6.07) is 0.0571. The third-order valence-corrected chi connectivity index (χ3v) is 9.55. The van der Waals surface area contributed by atoms with Gasteiger partial charge < -0.3 is 9.74 Å². The SMILES string of the molecule is CS[C@H]1C=C[C@H](O[Si](C)(C)C(C)(C)C)[C@@H]1NC(C)=O. The van der Waals surface area contributed by atoms with E-state index in [1.807, 2.05) is 0 Å². The molecule has 0 aromatic carbocycles. The van der Waals surface area contributed by atoms with Crippen molar-refractivity contribution < 1.29 is 9.22 Å². The van der Waals surface area contributed by atoms with Gasteiger partial charge in [-0.1, -0.05) is 32.9 Å². The standard InChI is InChI=1S/C14H27NO2SSi/c1-10(16)15-13-11(8-9-12(13)18-5)17-19(6,7)14(2,3)4/h8-9,11-13H,1-7H3,(H,15,16)/t11-,12-,13-/m0/s1. The van der Waals surface area contributed by atoms with Crippen LogP contribution in [-0.4, -0.2) is 37.9 Å². The van der Waals surface area contributed by atoms with Gasteiger partial charge in [-0.15, -0.1) is 0 Å². The lowest BCUT2D eigenvalue weighted by Gasteiger charge is -2.40. The molecule has 0 aliphatic heterocycles. The average molecular weight is 302 g/mol. The number of nitrogens with one attached hydrogen (secondary N) is 1. The first-order valence-corrected chi connectivity index (χ1v) is 10.9. The number of carbonyl (C=O) groups excluding carboxylic acids is 1. The lowest BCUT2D eigenvalue weighted by Crippen LogP contribution is -2.52. The summed E-state index contributed by atoms with van der Waals surface area (Å²) in [5, 5.41) is 3.53. The van der Waals surface area contributed by atoms with Crippen molar-refractivity contribution in [3.8, 4) is 0 Å². The Labute approximate surface area is 122 Å². The van der Waals surface area contributed by atoms with Gasteiger partial charge in [0.2, 0.25) is 5.91 Å². The Morgan fingerprint density at radius 1 is 1.32 bits per heavy atom. The monoisotopic (exact) mass is 301 g/mol. The first-order chi connectivity index (χ1) is 8.58. The highest BCUT2D eigenvalue weighted by molar-refractivity contribution is 7.99. The molecule has 19 heavy (non-hydrogen) atoms. The van der Waals surface area contributed by atoms with Crippen LogP contribution in [0.5, 0.6) is 0 Å². The zero-order chi connectivity index (χ0) is 14.8. The molecule has 1 aliphatic carbocycles. The fourth-order valence-electron chi connectivity index (χ4n) is 1.90. The van der Waals surface area contributed by atoms with Crippen LogP contribution < -0.4 is 5.32 Å². The van der Waals surface area contributed by atoms with E-state index in [1.165, 1.54) is 0 Å². The Kier molecular flexibility index (Phi) is 5.32. The van der Waals surface area contributed by atoms with Crippen molar-refractivity contribution in [2.75, 3.05) is 6.26 Å². The zero-order valence-electron chi connectivity index (χ0n) is 13.1. The van der Waals surface area contributed by atoms with Crippen molar-refractivity contribution in [1.29, 1.82) is 0 Å². The van der Waals surface area contributed by atoms with Crippen molar-refractivity contribution in [1.82, 2.24) is 5.32 Å². The van der Waals surface area contributed by atoms with Crippen LogP contribution >= 0.6 is 11.8 Å². The molecule has 5 heteroatoms. The lowest BCUT2D eigenvalue weighted by molar-refractivity contribution is -0.120. The van der Waals surface area contributed by atoms with Gasteiger partial charge in [0.25, 0.3) is 0 Å². The first kappa shape index (κ1) is 16.8. The van der Waals surface area contributed by atoms with Gasteiger partial charge in [-0.2, -0.15) is 11.8 Å². The molecule has 1 amide bonds. The van der Waals surface area contributed by atoms with Gasteiger partial charge in [-0.3, -0.25) is 4.79 Å². The van der Waals surface area contributed by atoms with E-state index in [2.05, 4.69) is 57.6 Å². The maximum atomic E-state index is 11.4. The second-order valence-corrected chi connectivity index (χ2v) is 12.4. The van der Waals surface area contributed by atoms with E-state index in [-0.39, 0.29) is 23.1 Å². The van der Waals surface area contributed by atoms with Crippen LogP contribution in [0, 0.1) is 0 Å². The quantitative estimate of drug-likeness (QED) is 0.640. The molecule has 0 aromatic rings. The van der Waals surface area contributed by atoms with Crippen LogP contribution in [0.1, 0.15) is 27.7 Å². The van der Waals surface area contributed by atoms with E-state index in [1.54, 1.807) is 18.7 Å². The Hall–Kier alpha value is -0.263. The summed E-state index contributed by atoms with van der Waals surface area (Å²) in [5.74, 6) is 0.0107. The molecule has 3 nitrogen and oxygen atoms in total. The van der Waals surface area contributed by atoms with Gasteiger partial charge in [-0.25, -0.2) is 0 Å². The molecule has 110 valence electrons. The summed E-state index contributed by atoms with van der Waals surface area (Å²) in [4.78, 5) is 11.4. The van der Waals surface area contributed by atoms with E-state index >= 15 is 0 Å². The molecule has 0 unspecified atom stereocenters. The molecule has 0 bridgehead atoms. The highest BCUT2D eigenvalue weighted by Gasteiger charge is 2.42. The van der Waals surface area contributed by atoms with Crippen molar-refractivity contribution in [2.24, 2.45) is 0 Å². The van der Waals surface area contributed by atoms with Crippen molar-refractivity contribution in [3.63, 3.8) is 0 Å². The minimum atomic E-state index is -1.82. The zero-order valence-corrected chi connectivity index (χ0v) is 14.9. The average Bonchev–Trinajstić information content (AvgIpc) is 2.58. The van der Waals surface area contributed by atoms with E-state index in [0.717, 1.165) is 0 Å². The molecule has 1 N–H and O–H groups in total. The van der Waals surface area contributed by atoms with Crippen LogP contribution in [0.15, 0.2) is 12.2 Å². The molecular weight excluding hydrogens is 274 g/mol. The van der Waals surface area contributed by atoms with Crippen LogP contribution in [0.2, 0.25) is 18.1 Å². The van der Waals surface area contributed by atoms with Gasteiger partial charge >= 0.3 is 0 Å². The molecule has 3 atom stereocenters. The second kappa shape index (κ2) is 6.02. The van der Waals surface area contributed by atoms with Crippen LogP contribution in [0.3, 0.4) is 0 Å². The molecule has 0 spiro atoms. The highest BCUT2D eigenvalue weighted by atomic mass is 32.2. The molecule has 0 saturated carbocycles. The molecular formula is C14H27NO2SSi. The van der Waals surface area contributed by atoms with Gasteiger partial charge in [0.1, 0.15) is 0 Å². The van der Waals surface area contributed by atoms with Crippen LogP contribution in [-0.2, 0) is 9.22 Å². The molecule has 0 radical (unpaired) electrons. The van der Waals surface area contributed by atoms with E-state index in [4.69, 9.17) is 4.43 Å². The second-order valence-electron chi connectivity index (χ2n) is 6.65. The minimum absolute atomic E-state index is 0.00208. The Morgan fingerprint density at radius 2 is 1.89 bits per heavy atom. The molecule has 1 rings (SSSR count). The molecule has 1 aliphatic rings. The summed E-state index contributed by atoms with van der Waals surface area (Å²) >= 11 is 1.75. The largest absolute Gasteiger partial charge is 0.408 e. The Morgan fingerprint density at radius 3 is 2.32 bits per heavy atom. The summed E-state index contributed by atoms with van der Waals surface area (Å²) < 4.78 is 6.43. The normalized spacial score (nSPS) is 27.6. The number of hydrogen-bond donors (Lipinski definition) is 1. The van der Waals surface area contributed by atoms with E-state index < -0.39 is 8.32 Å². The minimum Gasteiger partial charge on any atom is -0.408 e. The van der Waals surface area contributed by atoms with Crippen molar-refractivity contribution >= 4 is 26.0 Å². The van der Waals surface area contributed by atoms with Gasteiger partial charge in [-0.05, 0) is 24.4 Å². The topological polar surface area (TPSA) is 38.3 Å². The third kappa shape index (κ3) is 4.10. The van der Waals surface area contributed by atoms with Crippen LogP contribution in [0.4, 0.5) is 0 Å². The predicted octanol–water partition coefficient (Wildman–Crippen LogP) is 3.18. The lowest BCUT2D eigenvalue weighted by atomic mass is 10.2. The van der Waals surface area contributed by atoms with Crippen molar-refractivity contribution in [3.05, 3.63) is 12.2 Å². The number of hydrogen-bond acceptors (Lipinski definition) is 3. The van der Waals surface area contributed by atoms with Crippen LogP contribution in [0.25, 0.3) is 0 Å². The third-order valence-electron chi connectivity index (χ3n) is 4.08. The van der Waals surface area contributed by atoms with Gasteiger partial charge in [0, 0.05) is 12.2 Å². The van der Waals surface area contributed by atoms with Gasteiger partial charge in [0.15, 0.2) is 8.32 Å². The number of rotatable bonds is 4.